The van der Waals surface area contributed by atoms with Crippen LogP contribution in [0.4, 0.5) is 0 Å². The number of rotatable bonds is 6. The fraction of sp³-hybridized carbons (Fsp3) is 0.130. The van der Waals surface area contributed by atoms with Crippen LogP contribution >= 0.6 is 0 Å². The third-order valence-corrected chi connectivity index (χ3v) is 6.63. The van der Waals surface area contributed by atoms with Crippen LogP contribution in [0.1, 0.15) is 21.6 Å². The quantitative estimate of drug-likeness (QED) is 0.519. The van der Waals surface area contributed by atoms with Gasteiger partial charge in [0.25, 0.3) is 5.91 Å². The first kappa shape index (κ1) is 19.8. The Morgan fingerprint density at radius 3 is 2.33 bits per heavy atom. The fourth-order valence-electron chi connectivity index (χ4n) is 3.37. The molecule has 3 aromatic carbocycles. The first-order valence-corrected chi connectivity index (χ1v) is 11.1. The Hall–Kier alpha value is -3.45. The molecular weight excluding hydrogens is 398 g/mol. The van der Waals surface area contributed by atoms with Crippen molar-refractivity contribution in [3.63, 3.8) is 0 Å². The second-order valence-electron chi connectivity index (χ2n) is 7.04. The van der Waals surface area contributed by atoms with Crippen molar-refractivity contribution in [1.29, 1.82) is 0 Å². The highest BCUT2D eigenvalue weighted by Crippen LogP contribution is 2.18. The third kappa shape index (κ3) is 4.11. The van der Waals surface area contributed by atoms with E-state index in [2.05, 4.69) is 10.4 Å². The van der Waals surface area contributed by atoms with Gasteiger partial charge in [-0.05, 0) is 35.9 Å². The summed E-state index contributed by atoms with van der Waals surface area (Å²) in [5.41, 5.74) is 2.90. The molecule has 0 fully saturated rings. The van der Waals surface area contributed by atoms with E-state index < -0.39 is 9.84 Å². The summed E-state index contributed by atoms with van der Waals surface area (Å²) in [7, 11) is -1.55. The monoisotopic (exact) mass is 419 g/mol. The topological polar surface area (TPSA) is 81.1 Å². The molecule has 1 aromatic heterocycles. The molecule has 0 spiro atoms. The second-order valence-corrected chi connectivity index (χ2v) is 9.03. The van der Waals surface area contributed by atoms with E-state index in [0.29, 0.717) is 17.7 Å². The number of carbonyl (C=O) groups is 1. The summed E-state index contributed by atoms with van der Waals surface area (Å²) in [6.45, 7) is 0.310. The highest BCUT2D eigenvalue weighted by atomic mass is 32.2. The SMILES string of the molecule is Cn1nc(CNC(=O)c2ccc(CS(=O)(=O)c3ccccc3)cc2)c2ccccc21. The number of para-hydroxylation sites is 1. The van der Waals surface area contributed by atoms with E-state index in [-0.39, 0.29) is 16.6 Å². The molecule has 1 heterocycles. The maximum atomic E-state index is 12.5. The first-order valence-electron chi connectivity index (χ1n) is 9.49. The molecule has 152 valence electrons. The van der Waals surface area contributed by atoms with Gasteiger partial charge in [-0.1, -0.05) is 48.5 Å². The Balaban J connectivity index is 1.43. The van der Waals surface area contributed by atoms with E-state index >= 15 is 0 Å². The highest BCUT2D eigenvalue weighted by Gasteiger charge is 2.15. The molecule has 0 aliphatic rings. The molecule has 30 heavy (non-hydrogen) atoms. The van der Waals surface area contributed by atoms with E-state index in [1.54, 1.807) is 59.3 Å². The summed E-state index contributed by atoms with van der Waals surface area (Å²) in [5.74, 6) is -0.346. The number of benzene rings is 3. The molecule has 7 heteroatoms. The normalized spacial score (nSPS) is 11.5. The Labute approximate surface area is 175 Å². The average molecular weight is 420 g/mol. The standard InChI is InChI=1S/C23H21N3O3S/c1-26-22-10-6-5-9-20(22)21(25-26)15-24-23(27)18-13-11-17(12-14-18)16-30(28,29)19-7-3-2-4-8-19/h2-14H,15-16H2,1H3,(H,24,27). The minimum atomic E-state index is -3.42. The number of sulfone groups is 1. The van der Waals surface area contributed by atoms with E-state index in [0.717, 1.165) is 16.6 Å². The van der Waals surface area contributed by atoms with Crippen molar-refractivity contribution >= 4 is 26.6 Å². The first-order chi connectivity index (χ1) is 14.4. The van der Waals surface area contributed by atoms with Gasteiger partial charge in [-0.25, -0.2) is 8.42 Å². The van der Waals surface area contributed by atoms with Crippen molar-refractivity contribution in [2.45, 2.75) is 17.2 Å². The largest absolute Gasteiger partial charge is 0.346 e. The summed E-state index contributed by atoms with van der Waals surface area (Å²) in [6.07, 6.45) is 0. The maximum absolute atomic E-state index is 12.5. The van der Waals surface area contributed by atoms with Crippen molar-refractivity contribution in [1.82, 2.24) is 15.1 Å². The number of amides is 1. The van der Waals surface area contributed by atoms with E-state index in [1.807, 2.05) is 31.3 Å². The van der Waals surface area contributed by atoms with Crippen molar-refractivity contribution in [2.24, 2.45) is 7.05 Å². The number of nitrogens with one attached hydrogen (secondary N) is 1. The van der Waals surface area contributed by atoms with E-state index in [1.165, 1.54) is 0 Å². The molecule has 1 amide bonds. The van der Waals surface area contributed by atoms with Crippen LogP contribution in [0.15, 0.2) is 83.8 Å². The number of aromatic nitrogens is 2. The van der Waals surface area contributed by atoms with Gasteiger partial charge in [0.1, 0.15) is 0 Å². The lowest BCUT2D eigenvalue weighted by molar-refractivity contribution is 0.0950. The van der Waals surface area contributed by atoms with Gasteiger partial charge in [0.2, 0.25) is 0 Å². The average Bonchev–Trinajstić information content (AvgIpc) is 3.09. The number of fused-ring (bicyclic) bond motifs is 1. The Bertz CT molecular complexity index is 1290. The molecule has 1 N–H and O–H groups in total. The zero-order valence-corrected chi connectivity index (χ0v) is 17.3. The second kappa shape index (κ2) is 8.12. The van der Waals surface area contributed by atoms with Crippen LogP contribution < -0.4 is 5.32 Å². The molecule has 6 nitrogen and oxygen atoms in total. The molecular formula is C23H21N3O3S. The molecule has 0 aliphatic carbocycles. The number of hydrogen-bond acceptors (Lipinski definition) is 4. The number of hydrogen-bond donors (Lipinski definition) is 1. The van der Waals surface area contributed by atoms with Gasteiger partial charge in [0.05, 0.1) is 28.4 Å². The molecule has 4 aromatic rings. The number of aryl methyl sites for hydroxylation is 1. The Morgan fingerprint density at radius 1 is 0.933 bits per heavy atom. The zero-order chi connectivity index (χ0) is 21.1. The highest BCUT2D eigenvalue weighted by molar-refractivity contribution is 7.90. The minimum Gasteiger partial charge on any atom is -0.346 e. The van der Waals surface area contributed by atoms with Crippen LogP contribution in [0, 0.1) is 0 Å². The lowest BCUT2D eigenvalue weighted by atomic mass is 10.1. The zero-order valence-electron chi connectivity index (χ0n) is 16.4. The van der Waals surface area contributed by atoms with Crippen LogP contribution in [-0.4, -0.2) is 24.1 Å². The summed E-state index contributed by atoms with van der Waals surface area (Å²) in [5, 5.41) is 8.36. The molecule has 0 saturated heterocycles. The van der Waals surface area contributed by atoms with Gasteiger partial charge < -0.3 is 5.32 Å². The van der Waals surface area contributed by atoms with Crippen LogP contribution in [-0.2, 0) is 29.2 Å². The van der Waals surface area contributed by atoms with Crippen LogP contribution in [0.5, 0.6) is 0 Å². The predicted molar refractivity (Wildman–Crippen MR) is 116 cm³/mol. The lowest BCUT2D eigenvalue weighted by Crippen LogP contribution is -2.23. The van der Waals surface area contributed by atoms with Crippen LogP contribution in [0.25, 0.3) is 10.9 Å². The summed E-state index contributed by atoms with van der Waals surface area (Å²) in [4.78, 5) is 12.8. The molecule has 0 atom stereocenters. The van der Waals surface area contributed by atoms with Gasteiger partial charge in [-0.15, -0.1) is 0 Å². The Kier molecular flexibility index (Phi) is 5.37. The summed E-state index contributed by atoms with van der Waals surface area (Å²) >= 11 is 0. The van der Waals surface area contributed by atoms with Gasteiger partial charge in [-0.2, -0.15) is 5.10 Å². The van der Waals surface area contributed by atoms with Crippen molar-refractivity contribution in [2.75, 3.05) is 0 Å². The van der Waals surface area contributed by atoms with Crippen molar-refractivity contribution in [3.05, 3.63) is 95.7 Å². The third-order valence-electron chi connectivity index (χ3n) is 4.93. The molecule has 0 radical (unpaired) electrons. The minimum absolute atomic E-state index is 0.112. The van der Waals surface area contributed by atoms with Gasteiger partial charge in [-0.3, -0.25) is 9.48 Å². The maximum Gasteiger partial charge on any atom is 0.251 e. The number of nitrogens with zero attached hydrogens (tertiary/aromatic N) is 2. The number of carbonyl (C=O) groups excluding carboxylic acids is 1. The predicted octanol–water partition coefficient (Wildman–Crippen LogP) is 3.48. The smallest absolute Gasteiger partial charge is 0.251 e. The van der Waals surface area contributed by atoms with Crippen molar-refractivity contribution in [3.8, 4) is 0 Å². The van der Waals surface area contributed by atoms with E-state index in [9.17, 15) is 13.2 Å². The van der Waals surface area contributed by atoms with Gasteiger partial charge >= 0.3 is 0 Å². The molecule has 0 aliphatic heterocycles. The molecule has 4 rings (SSSR count). The molecule has 0 unspecified atom stereocenters. The summed E-state index contributed by atoms with van der Waals surface area (Å²) < 4.78 is 26.8. The molecule has 0 bridgehead atoms. The van der Waals surface area contributed by atoms with Crippen LogP contribution in [0.3, 0.4) is 0 Å². The van der Waals surface area contributed by atoms with E-state index in [4.69, 9.17) is 0 Å². The van der Waals surface area contributed by atoms with Gasteiger partial charge in [0, 0.05) is 18.0 Å². The Morgan fingerprint density at radius 2 is 1.60 bits per heavy atom. The molecule has 0 saturated carbocycles. The fourth-order valence-corrected chi connectivity index (χ4v) is 4.74. The van der Waals surface area contributed by atoms with Gasteiger partial charge in [0.15, 0.2) is 9.84 Å². The van der Waals surface area contributed by atoms with Crippen LogP contribution in [0.2, 0.25) is 0 Å². The summed E-state index contributed by atoms with van der Waals surface area (Å²) in [6, 6.07) is 22.8. The van der Waals surface area contributed by atoms with Crippen molar-refractivity contribution < 1.29 is 13.2 Å². The lowest BCUT2D eigenvalue weighted by Gasteiger charge is -2.07.